The van der Waals surface area contributed by atoms with E-state index >= 15 is 0 Å². The summed E-state index contributed by atoms with van der Waals surface area (Å²) in [4.78, 5) is 26.3. The van der Waals surface area contributed by atoms with Gasteiger partial charge in [0.15, 0.2) is 5.78 Å². The number of hydrogen-bond donors (Lipinski definition) is 0. The van der Waals surface area contributed by atoms with Crippen LogP contribution < -0.4 is 4.74 Å². The Hall–Kier alpha value is -2.04. The number of likely N-dealkylation sites (tertiary alicyclic amines) is 1. The zero-order valence-corrected chi connectivity index (χ0v) is 14.0. The monoisotopic (exact) mass is 329 g/mol. The SMILES string of the molecule is Cc1ccc2c(c1)OC1(CCN(C(=O)OCC3CC3)CC1)CC2=O. The summed E-state index contributed by atoms with van der Waals surface area (Å²) in [5.74, 6) is 1.40. The molecule has 0 unspecified atom stereocenters. The Labute approximate surface area is 141 Å². The summed E-state index contributed by atoms with van der Waals surface area (Å²) in [5, 5.41) is 0. The molecule has 3 aliphatic rings. The molecule has 5 nitrogen and oxygen atoms in total. The van der Waals surface area contributed by atoms with Crippen LogP contribution in [0.15, 0.2) is 18.2 Å². The van der Waals surface area contributed by atoms with Crippen LogP contribution in [0.3, 0.4) is 0 Å². The van der Waals surface area contributed by atoms with E-state index in [1.165, 1.54) is 12.8 Å². The van der Waals surface area contributed by atoms with Gasteiger partial charge in [0.25, 0.3) is 0 Å². The fourth-order valence-electron chi connectivity index (χ4n) is 3.54. The second kappa shape index (κ2) is 5.80. The minimum atomic E-state index is -0.467. The Morgan fingerprint density at radius 3 is 2.79 bits per heavy atom. The van der Waals surface area contributed by atoms with Gasteiger partial charge in [0, 0.05) is 25.9 Å². The van der Waals surface area contributed by atoms with Gasteiger partial charge in [0.2, 0.25) is 0 Å². The number of ether oxygens (including phenoxy) is 2. The van der Waals surface area contributed by atoms with Crippen LogP contribution in [0, 0.1) is 12.8 Å². The lowest BCUT2D eigenvalue weighted by molar-refractivity contribution is -0.00946. The van der Waals surface area contributed by atoms with Gasteiger partial charge in [-0.2, -0.15) is 0 Å². The number of amides is 1. The average Bonchev–Trinajstić information content (AvgIpc) is 3.37. The molecule has 4 rings (SSSR count). The van der Waals surface area contributed by atoms with Crippen molar-refractivity contribution >= 4 is 11.9 Å². The van der Waals surface area contributed by atoms with Crippen LogP contribution in [0.5, 0.6) is 5.75 Å². The molecule has 1 amide bonds. The Morgan fingerprint density at radius 1 is 1.33 bits per heavy atom. The van der Waals surface area contributed by atoms with Crippen LogP contribution >= 0.6 is 0 Å². The Kier molecular flexibility index (Phi) is 3.74. The lowest BCUT2D eigenvalue weighted by Gasteiger charge is -2.43. The minimum Gasteiger partial charge on any atom is -0.486 e. The van der Waals surface area contributed by atoms with E-state index in [1.54, 1.807) is 4.90 Å². The average molecular weight is 329 g/mol. The number of nitrogens with zero attached hydrogens (tertiary/aromatic N) is 1. The fraction of sp³-hybridized carbons (Fsp3) is 0.579. The molecule has 0 atom stereocenters. The van der Waals surface area contributed by atoms with Crippen LogP contribution in [-0.4, -0.2) is 42.1 Å². The highest BCUT2D eigenvalue weighted by Gasteiger charge is 2.44. The van der Waals surface area contributed by atoms with Crippen molar-refractivity contribution in [3.8, 4) is 5.75 Å². The first-order valence-electron chi connectivity index (χ1n) is 8.79. The number of piperidine rings is 1. The molecule has 2 heterocycles. The maximum absolute atomic E-state index is 12.5. The largest absolute Gasteiger partial charge is 0.486 e. The number of carbonyl (C=O) groups is 2. The minimum absolute atomic E-state index is 0.140. The van der Waals surface area contributed by atoms with Crippen molar-refractivity contribution in [2.75, 3.05) is 19.7 Å². The molecule has 1 saturated carbocycles. The van der Waals surface area contributed by atoms with Gasteiger partial charge < -0.3 is 14.4 Å². The number of hydrogen-bond acceptors (Lipinski definition) is 4. The molecule has 2 fully saturated rings. The van der Waals surface area contributed by atoms with Crippen molar-refractivity contribution < 1.29 is 19.1 Å². The third-order valence-electron chi connectivity index (χ3n) is 5.32. The van der Waals surface area contributed by atoms with E-state index in [0.29, 0.717) is 56.2 Å². The van der Waals surface area contributed by atoms with Crippen molar-refractivity contribution in [3.05, 3.63) is 29.3 Å². The number of ketones is 1. The molecule has 0 radical (unpaired) electrons. The van der Waals surface area contributed by atoms with Gasteiger partial charge in [-0.25, -0.2) is 4.79 Å². The molecule has 2 aliphatic heterocycles. The lowest BCUT2D eigenvalue weighted by Crippen LogP contribution is -2.52. The topological polar surface area (TPSA) is 55.8 Å². The van der Waals surface area contributed by atoms with E-state index in [-0.39, 0.29) is 11.9 Å². The zero-order chi connectivity index (χ0) is 16.7. The molecule has 24 heavy (non-hydrogen) atoms. The van der Waals surface area contributed by atoms with Gasteiger partial charge in [0.1, 0.15) is 11.4 Å². The van der Waals surface area contributed by atoms with E-state index in [1.807, 2.05) is 25.1 Å². The molecule has 5 heteroatoms. The Morgan fingerprint density at radius 2 is 2.08 bits per heavy atom. The van der Waals surface area contributed by atoms with Gasteiger partial charge in [-0.15, -0.1) is 0 Å². The third-order valence-corrected chi connectivity index (χ3v) is 5.32. The molecule has 1 saturated heterocycles. The predicted octanol–water partition coefficient (Wildman–Crippen LogP) is 3.34. The predicted molar refractivity (Wildman–Crippen MR) is 88.4 cm³/mol. The highest BCUT2D eigenvalue weighted by Crippen LogP contribution is 2.39. The van der Waals surface area contributed by atoms with Crippen molar-refractivity contribution in [2.45, 2.75) is 44.6 Å². The highest BCUT2D eigenvalue weighted by molar-refractivity contribution is 6.00. The van der Waals surface area contributed by atoms with Crippen molar-refractivity contribution in [1.82, 2.24) is 4.90 Å². The van der Waals surface area contributed by atoms with Gasteiger partial charge in [-0.1, -0.05) is 6.07 Å². The third kappa shape index (κ3) is 2.99. The normalized spacial score (nSPS) is 22.0. The van der Waals surface area contributed by atoms with Crippen LogP contribution in [-0.2, 0) is 4.74 Å². The number of benzene rings is 1. The lowest BCUT2D eigenvalue weighted by atomic mass is 9.82. The number of rotatable bonds is 2. The van der Waals surface area contributed by atoms with E-state index in [9.17, 15) is 9.59 Å². The van der Waals surface area contributed by atoms with Crippen molar-refractivity contribution in [1.29, 1.82) is 0 Å². The molecular formula is C19H23NO4. The molecule has 1 aliphatic carbocycles. The first kappa shape index (κ1) is 15.5. The first-order chi connectivity index (χ1) is 11.5. The molecule has 0 N–H and O–H groups in total. The van der Waals surface area contributed by atoms with E-state index in [2.05, 4.69) is 0 Å². The van der Waals surface area contributed by atoms with E-state index < -0.39 is 5.60 Å². The smallest absolute Gasteiger partial charge is 0.409 e. The first-order valence-corrected chi connectivity index (χ1v) is 8.79. The van der Waals surface area contributed by atoms with Crippen LogP contribution in [0.1, 0.15) is 48.0 Å². The quantitative estimate of drug-likeness (QED) is 0.835. The Bertz CT molecular complexity index is 672. The number of aryl methyl sites for hydroxylation is 1. The summed E-state index contributed by atoms with van der Waals surface area (Å²) < 4.78 is 11.6. The summed E-state index contributed by atoms with van der Waals surface area (Å²) in [7, 11) is 0. The highest BCUT2D eigenvalue weighted by atomic mass is 16.6. The molecule has 1 spiro atoms. The second-order valence-corrected chi connectivity index (χ2v) is 7.39. The van der Waals surface area contributed by atoms with Crippen LogP contribution in [0.2, 0.25) is 0 Å². The van der Waals surface area contributed by atoms with Gasteiger partial charge >= 0.3 is 6.09 Å². The van der Waals surface area contributed by atoms with E-state index in [0.717, 1.165) is 5.56 Å². The van der Waals surface area contributed by atoms with Crippen LogP contribution in [0.25, 0.3) is 0 Å². The standard InChI is InChI=1S/C19H23NO4/c1-13-2-5-15-16(21)11-19(24-17(15)10-13)6-8-20(9-7-19)18(22)23-12-14-3-4-14/h2,5,10,14H,3-4,6-9,11-12H2,1H3. The summed E-state index contributed by atoms with van der Waals surface area (Å²) in [6.45, 7) is 3.70. The maximum atomic E-state index is 12.5. The fourth-order valence-corrected chi connectivity index (χ4v) is 3.54. The molecule has 1 aromatic carbocycles. The van der Waals surface area contributed by atoms with Gasteiger partial charge in [-0.05, 0) is 43.4 Å². The Balaban J connectivity index is 1.41. The van der Waals surface area contributed by atoms with Gasteiger partial charge in [0.05, 0.1) is 18.6 Å². The summed E-state index contributed by atoms with van der Waals surface area (Å²) in [5.41, 5.74) is 1.29. The summed E-state index contributed by atoms with van der Waals surface area (Å²) >= 11 is 0. The number of Topliss-reactive ketones (excluding diaryl/α,β-unsaturated/α-hetero) is 1. The number of carbonyl (C=O) groups excluding carboxylic acids is 2. The van der Waals surface area contributed by atoms with Crippen LogP contribution in [0.4, 0.5) is 4.79 Å². The van der Waals surface area contributed by atoms with Crippen molar-refractivity contribution in [3.63, 3.8) is 0 Å². The summed E-state index contributed by atoms with van der Waals surface area (Å²) in [6, 6.07) is 5.73. The molecular weight excluding hydrogens is 306 g/mol. The maximum Gasteiger partial charge on any atom is 0.409 e. The van der Waals surface area contributed by atoms with Crippen molar-refractivity contribution in [2.24, 2.45) is 5.92 Å². The molecule has 128 valence electrons. The molecule has 0 aromatic heterocycles. The molecule has 0 bridgehead atoms. The zero-order valence-electron chi connectivity index (χ0n) is 14.0. The second-order valence-electron chi connectivity index (χ2n) is 7.39. The summed E-state index contributed by atoms with van der Waals surface area (Å²) in [6.07, 6.45) is 3.86. The molecule has 1 aromatic rings. The van der Waals surface area contributed by atoms with E-state index in [4.69, 9.17) is 9.47 Å². The van der Waals surface area contributed by atoms with Gasteiger partial charge in [-0.3, -0.25) is 4.79 Å². The number of fused-ring (bicyclic) bond motifs is 1.